The van der Waals surface area contributed by atoms with Crippen LogP contribution in [0.25, 0.3) is 5.57 Å². The maximum atomic E-state index is 13.5. The van der Waals surface area contributed by atoms with Gasteiger partial charge in [0, 0.05) is 32.5 Å². The van der Waals surface area contributed by atoms with Crippen LogP contribution in [0.5, 0.6) is 0 Å². The molecular formula is C31H33ClF2N2O3. The van der Waals surface area contributed by atoms with Crippen LogP contribution in [0.1, 0.15) is 42.9 Å². The van der Waals surface area contributed by atoms with Crippen molar-refractivity contribution in [1.82, 2.24) is 9.80 Å². The molecule has 5 nitrogen and oxygen atoms in total. The maximum Gasteiger partial charge on any atom is 0.413 e. The zero-order valence-electron chi connectivity index (χ0n) is 21.9. The summed E-state index contributed by atoms with van der Waals surface area (Å²) >= 11 is 0. The van der Waals surface area contributed by atoms with Gasteiger partial charge in [0.1, 0.15) is 11.6 Å². The Morgan fingerprint density at radius 1 is 0.923 bits per heavy atom. The molecule has 0 bridgehead atoms. The minimum absolute atomic E-state index is 0. The monoisotopic (exact) mass is 554 g/mol. The van der Waals surface area contributed by atoms with Crippen LogP contribution in [0.4, 0.5) is 13.6 Å². The first-order chi connectivity index (χ1) is 18.3. The fraction of sp³-hybridized carbons (Fsp3) is 0.323. The zero-order valence-corrected chi connectivity index (χ0v) is 22.7. The standard InChI is InChI=1S/C31H32F2N2O3.ClH/c1-30(37)31(38-29(36)35(30)22-23-6-3-2-4-7-23)17-20-34(21-18-31)19-5-8-28(24-9-13-26(32)14-10-24)25-11-15-27(33)16-12-25;/h2-4,6-16,37H,5,17-22H2,1H3;1H. The molecule has 1 atom stereocenters. The van der Waals surface area contributed by atoms with Crippen molar-refractivity contribution in [1.29, 1.82) is 0 Å². The molecule has 1 amide bonds. The molecule has 2 heterocycles. The average Bonchev–Trinajstić information content (AvgIpc) is 3.09. The van der Waals surface area contributed by atoms with Gasteiger partial charge >= 0.3 is 6.09 Å². The number of ether oxygens (including phenoxy) is 1. The number of nitrogens with zero attached hydrogens (tertiary/aromatic N) is 2. The second kappa shape index (κ2) is 11.9. The van der Waals surface area contributed by atoms with E-state index in [1.165, 1.54) is 29.2 Å². The number of likely N-dealkylation sites (tertiary alicyclic amines) is 1. The molecule has 2 aliphatic rings. The van der Waals surface area contributed by atoms with Crippen LogP contribution in [0.2, 0.25) is 0 Å². The fourth-order valence-electron chi connectivity index (χ4n) is 5.49. The number of aliphatic hydroxyl groups is 1. The Bertz CT molecular complexity index is 1240. The minimum Gasteiger partial charge on any atom is -0.437 e. The molecule has 1 unspecified atom stereocenters. The maximum absolute atomic E-state index is 13.5. The lowest BCUT2D eigenvalue weighted by Gasteiger charge is -2.44. The summed E-state index contributed by atoms with van der Waals surface area (Å²) in [6.45, 7) is 4.10. The van der Waals surface area contributed by atoms with Gasteiger partial charge in [0.15, 0.2) is 11.3 Å². The van der Waals surface area contributed by atoms with Crippen molar-refractivity contribution in [3.05, 3.63) is 113 Å². The second-order valence-corrected chi connectivity index (χ2v) is 10.2. The van der Waals surface area contributed by atoms with Gasteiger partial charge in [0.25, 0.3) is 0 Å². The molecular weight excluding hydrogens is 522 g/mol. The van der Waals surface area contributed by atoms with E-state index in [-0.39, 0.29) is 24.0 Å². The van der Waals surface area contributed by atoms with Crippen molar-refractivity contribution < 1.29 is 23.4 Å². The van der Waals surface area contributed by atoms with E-state index in [0.717, 1.165) is 35.2 Å². The number of piperidine rings is 1. The number of carbonyl (C=O) groups excluding carboxylic acids is 1. The highest BCUT2D eigenvalue weighted by atomic mass is 35.5. The summed E-state index contributed by atoms with van der Waals surface area (Å²) in [5.41, 5.74) is 1.22. The SMILES string of the molecule is CC1(O)N(Cc2ccccc2)C(=O)OC12CCN(CCC=C(c1ccc(F)cc1)c1ccc(F)cc1)CC2.Cl. The van der Waals surface area contributed by atoms with Gasteiger partial charge in [0.2, 0.25) is 0 Å². The van der Waals surface area contributed by atoms with Crippen molar-refractivity contribution in [2.75, 3.05) is 19.6 Å². The first kappa shape index (κ1) is 28.7. The van der Waals surface area contributed by atoms with Crippen molar-refractivity contribution in [3.8, 4) is 0 Å². The summed E-state index contributed by atoms with van der Waals surface area (Å²) in [4.78, 5) is 16.5. The van der Waals surface area contributed by atoms with E-state index in [1.54, 1.807) is 31.2 Å². The van der Waals surface area contributed by atoms with Crippen LogP contribution in [-0.4, -0.2) is 52.0 Å². The molecule has 1 spiro atoms. The van der Waals surface area contributed by atoms with Gasteiger partial charge in [0.05, 0.1) is 6.54 Å². The summed E-state index contributed by atoms with van der Waals surface area (Å²) < 4.78 is 32.9. The number of carbonyl (C=O) groups is 1. The van der Waals surface area contributed by atoms with Crippen molar-refractivity contribution >= 4 is 24.1 Å². The van der Waals surface area contributed by atoms with Crippen LogP contribution in [-0.2, 0) is 11.3 Å². The molecule has 0 aromatic heterocycles. The van der Waals surface area contributed by atoms with Gasteiger partial charge in [-0.25, -0.2) is 13.6 Å². The van der Waals surface area contributed by atoms with Crippen LogP contribution in [0, 0.1) is 11.6 Å². The van der Waals surface area contributed by atoms with Gasteiger partial charge in [-0.1, -0.05) is 60.7 Å². The quantitative estimate of drug-likeness (QED) is 0.367. The Kier molecular flexibility index (Phi) is 8.74. The number of hydrogen-bond donors (Lipinski definition) is 1. The van der Waals surface area contributed by atoms with Crippen molar-refractivity contribution in [3.63, 3.8) is 0 Å². The normalized spacial score (nSPS) is 20.4. The van der Waals surface area contributed by atoms with E-state index in [0.29, 0.717) is 32.5 Å². The molecule has 3 aromatic rings. The van der Waals surface area contributed by atoms with Gasteiger partial charge in [-0.15, -0.1) is 12.4 Å². The number of halogens is 3. The lowest BCUT2D eigenvalue weighted by Crippen LogP contribution is -2.60. The Labute approximate surface area is 234 Å². The van der Waals surface area contributed by atoms with E-state index < -0.39 is 17.4 Å². The third kappa shape index (κ3) is 6.01. The molecule has 39 heavy (non-hydrogen) atoms. The number of hydrogen-bond acceptors (Lipinski definition) is 4. The summed E-state index contributed by atoms with van der Waals surface area (Å²) in [6, 6.07) is 22.2. The van der Waals surface area contributed by atoms with Gasteiger partial charge in [-0.05, 0) is 59.9 Å². The van der Waals surface area contributed by atoms with Gasteiger partial charge < -0.3 is 14.7 Å². The molecule has 1 N–H and O–H groups in total. The smallest absolute Gasteiger partial charge is 0.413 e. The van der Waals surface area contributed by atoms with E-state index in [1.807, 2.05) is 30.3 Å². The van der Waals surface area contributed by atoms with Crippen molar-refractivity contribution in [2.24, 2.45) is 0 Å². The van der Waals surface area contributed by atoms with Crippen LogP contribution in [0.15, 0.2) is 84.9 Å². The third-order valence-electron chi connectivity index (χ3n) is 7.84. The fourth-order valence-corrected chi connectivity index (χ4v) is 5.49. The van der Waals surface area contributed by atoms with E-state index in [9.17, 15) is 18.7 Å². The second-order valence-electron chi connectivity index (χ2n) is 10.2. The summed E-state index contributed by atoms with van der Waals surface area (Å²) in [6.07, 6.45) is 3.40. The molecule has 0 saturated carbocycles. The summed E-state index contributed by atoms with van der Waals surface area (Å²) in [5, 5.41) is 11.5. The summed E-state index contributed by atoms with van der Waals surface area (Å²) in [7, 11) is 0. The molecule has 8 heteroatoms. The molecule has 3 aromatic carbocycles. The summed E-state index contributed by atoms with van der Waals surface area (Å²) in [5.74, 6) is -0.611. The zero-order chi connectivity index (χ0) is 26.8. The molecule has 5 rings (SSSR count). The largest absolute Gasteiger partial charge is 0.437 e. The predicted octanol–water partition coefficient (Wildman–Crippen LogP) is 6.40. The first-order valence-electron chi connectivity index (χ1n) is 13.0. The Morgan fingerprint density at radius 3 is 2.00 bits per heavy atom. The Hall–Kier alpha value is -3.26. The Balaban J connectivity index is 0.00000353. The van der Waals surface area contributed by atoms with E-state index in [2.05, 4.69) is 11.0 Å². The predicted molar refractivity (Wildman–Crippen MR) is 149 cm³/mol. The molecule has 2 saturated heterocycles. The number of rotatable bonds is 7. The molecule has 0 aliphatic carbocycles. The highest BCUT2D eigenvalue weighted by Gasteiger charge is 2.62. The topological polar surface area (TPSA) is 53.0 Å². The van der Waals surface area contributed by atoms with Crippen LogP contribution < -0.4 is 0 Å². The molecule has 206 valence electrons. The first-order valence-corrected chi connectivity index (χ1v) is 13.0. The van der Waals surface area contributed by atoms with Crippen LogP contribution >= 0.6 is 12.4 Å². The molecule has 0 radical (unpaired) electrons. The van der Waals surface area contributed by atoms with E-state index >= 15 is 0 Å². The van der Waals surface area contributed by atoms with Crippen molar-refractivity contribution in [2.45, 2.75) is 44.1 Å². The minimum atomic E-state index is -1.41. The number of amides is 1. The van der Waals surface area contributed by atoms with Gasteiger partial charge in [-0.2, -0.15) is 0 Å². The lowest BCUT2D eigenvalue weighted by atomic mass is 9.82. The molecule has 2 fully saturated rings. The molecule has 2 aliphatic heterocycles. The van der Waals surface area contributed by atoms with E-state index in [4.69, 9.17) is 4.74 Å². The number of benzene rings is 3. The Morgan fingerprint density at radius 2 is 1.46 bits per heavy atom. The third-order valence-corrected chi connectivity index (χ3v) is 7.84. The lowest BCUT2D eigenvalue weighted by molar-refractivity contribution is -0.166. The van der Waals surface area contributed by atoms with Gasteiger partial charge in [-0.3, -0.25) is 4.90 Å². The average molecular weight is 555 g/mol. The highest BCUT2D eigenvalue weighted by Crippen LogP contribution is 2.45. The highest BCUT2D eigenvalue weighted by molar-refractivity contribution is 5.85. The van der Waals surface area contributed by atoms with Crippen LogP contribution in [0.3, 0.4) is 0 Å².